The van der Waals surface area contributed by atoms with Gasteiger partial charge >= 0.3 is 0 Å². The first kappa shape index (κ1) is 11.3. The van der Waals surface area contributed by atoms with Crippen molar-refractivity contribution in [2.24, 2.45) is 0 Å². The van der Waals surface area contributed by atoms with Gasteiger partial charge in [-0.05, 0) is 44.0 Å². The summed E-state index contributed by atoms with van der Waals surface area (Å²) in [6.45, 7) is 2.52. The smallest absolute Gasteiger partial charge is 0.0961 e. The van der Waals surface area contributed by atoms with E-state index in [9.17, 15) is 0 Å². The molecule has 2 fully saturated rings. The zero-order chi connectivity index (χ0) is 12.8. The molecule has 2 saturated heterocycles. The number of piperidine rings is 1. The van der Waals surface area contributed by atoms with Crippen molar-refractivity contribution in [3.05, 3.63) is 24.5 Å². The first-order valence-electron chi connectivity index (χ1n) is 7.29. The van der Waals surface area contributed by atoms with Crippen molar-refractivity contribution in [3.8, 4) is 0 Å². The third kappa shape index (κ3) is 1.74. The lowest BCUT2D eigenvalue weighted by Crippen LogP contribution is -2.37. The molecule has 0 bridgehead atoms. The summed E-state index contributed by atoms with van der Waals surface area (Å²) in [5.41, 5.74) is 8.88. The lowest BCUT2D eigenvalue weighted by Gasteiger charge is -2.32. The van der Waals surface area contributed by atoms with Crippen LogP contribution in [0.4, 0.5) is 5.69 Å². The van der Waals surface area contributed by atoms with Crippen molar-refractivity contribution in [2.45, 2.75) is 37.8 Å². The van der Waals surface area contributed by atoms with E-state index in [4.69, 9.17) is 5.73 Å². The molecule has 4 heteroatoms. The molecule has 0 spiro atoms. The van der Waals surface area contributed by atoms with Gasteiger partial charge in [-0.2, -0.15) is 0 Å². The van der Waals surface area contributed by atoms with Crippen molar-refractivity contribution >= 4 is 16.7 Å². The van der Waals surface area contributed by atoms with Crippen LogP contribution in [0.5, 0.6) is 0 Å². The summed E-state index contributed by atoms with van der Waals surface area (Å²) < 4.78 is 2.38. The molecule has 2 N–H and O–H groups in total. The average molecular weight is 256 g/mol. The molecule has 4 rings (SSSR count). The van der Waals surface area contributed by atoms with E-state index >= 15 is 0 Å². The van der Waals surface area contributed by atoms with Crippen LogP contribution in [0.25, 0.3) is 11.0 Å². The van der Waals surface area contributed by atoms with Crippen LogP contribution in [-0.4, -0.2) is 33.6 Å². The summed E-state index contributed by atoms with van der Waals surface area (Å²) in [6, 6.07) is 7.37. The van der Waals surface area contributed by atoms with E-state index in [2.05, 4.69) is 20.5 Å². The second-order valence-corrected chi connectivity index (χ2v) is 5.86. The van der Waals surface area contributed by atoms with Gasteiger partial charge in [-0.3, -0.25) is 4.90 Å². The number of hydrogen-bond acceptors (Lipinski definition) is 3. The Hall–Kier alpha value is -1.55. The van der Waals surface area contributed by atoms with Crippen molar-refractivity contribution in [3.63, 3.8) is 0 Å². The molecule has 1 aromatic heterocycles. The molecular weight excluding hydrogens is 236 g/mol. The zero-order valence-corrected chi connectivity index (χ0v) is 11.1. The van der Waals surface area contributed by atoms with Crippen LogP contribution in [0, 0.1) is 0 Å². The predicted octanol–water partition coefficient (Wildman–Crippen LogP) is 2.42. The van der Waals surface area contributed by atoms with Gasteiger partial charge in [-0.1, -0.05) is 6.42 Å². The van der Waals surface area contributed by atoms with Gasteiger partial charge in [0.1, 0.15) is 0 Å². The highest BCUT2D eigenvalue weighted by atomic mass is 15.2. The van der Waals surface area contributed by atoms with Crippen LogP contribution in [0.3, 0.4) is 0 Å². The van der Waals surface area contributed by atoms with Crippen LogP contribution in [-0.2, 0) is 0 Å². The van der Waals surface area contributed by atoms with Gasteiger partial charge in [0.15, 0.2) is 0 Å². The fraction of sp³-hybridized carbons (Fsp3) is 0.533. The molecular formula is C15H20N4. The largest absolute Gasteiger partial charge is 0.399 e. The van der Waals surface area contributed by atoms with E-state index in [-0.39, 0.29) is 0 Å². The quantitative estimate of drug-likeness (QED) is 0.797. The first-order chi connectivity index (χ1) is 9.33. The Morgan fingerprint density at radius 1 is 1.11 bits per heavy atom. The summed E-state index contributed by atoms with van der Waals surface area (Å²) in [7, 11) is 0. The molecule has 2 aromatic rings. The fourth-order valence-corrected chi connectivity index (χ4v) is 3.86. The summed E-state index contributed by atoms with van der Waals surface area (Å²) >= 11 is 0. The molecule has 2 atom stereocenters. The Labute approximate surface area is 113 Å². The average Bonchev–Trinajstić information content (AvgIpc) is 3.01. The van der Waals surface area contributed by atoms with Gasteiger partial charge in [0.05, 0.1) is 23.4 Å². The number of imidazole rings is 1. The van der Waals surface area contributed by atoms with E-state index in [1.54, 1.807) is 0 Å². The maximum absolute atomic E-state index is 5.84. The number of nitrogens with zero attached hydrogens (tertiary/aromatic N) is 3. The normalized spacial score (nSPS) is 27.8. The Morgan fingerprint density at radius 3 is 3.00 bits per heavy atom. The summed E-state index contributed by atoms with van der Waals surface area (Å²) in [5.74, 6) is 0. The number of nitrogens with two attached hydrogens (primary N) is 1. The van der Waals surface area contributed by atoms with Crippen molar-refractivity contribution < 1.29 is 0 Å². The van der Waals surface area contributed by atoms with Gasteiger partial charge in [-0.15, -0.1) is 0 Å². The van der Waals surface area contributed by atoms with Gasteiger partial charge in [0.25, 0.3) is 0 Å². The van der Waals surface area contributed by atoms with Crippen molar-refractivity contribution in [1.29, 1.82) is 0 Å². The zero-order valence-electron chi connectivity index (χ0n) is 11.1. The van der Waals surface area contributed by atoms with Crippen LogP contribution in [0.2, 0.25) is 0 Å². The molecule has 2 aliphatic rings. The van der Waals surface area contributed by atoms with Gasteiger partial charge in [0, 0.05) is 18.3 Å². The van der Waals surface area contributed by atoms with Gasteiger partial charge in [-0.25, -0.2) is 4.98 Å². The lowest BCUT2D eigenvalue weighted by molar-refractivity contribution is 0.174. The molecule has 4 nitrogen and oxygen atoms in total. The highest BCUT2D eigenvalue weighted by molar-refractivity contribution is 5.79. The Bertz CT molecular complexity index is 603. The van der Waals surface area contributed by atoms with Crippen molar-refractivity contribution in [2.75, 3.05) is 18.8 Å². The van der Waals surface area contributed by atoms with Gasteiger partial charge < -0.3 is 10.3 Å². The predicted molar refractivity (Wildman–Crippen MR) is 77.0 cm³/mol. The number of fused-ring (bicyclic) bond motifs is 2. The van der Waals surface area contributed by atoms with Gasteiger partial charge in [0.2, 0.25) is 0 Å². The maximum Gasteiger partial charge on any atom is 0.0961 e. The number of benzene rings is 1. The minimum absolute atomic E-state index is 0.592. The molecule has 3 heterocycles. The third-order valence-electron chi connectivity index (χ3n) is 4.78. The van der Waals surface area contributed by atoms with E-state index < -0.39 is 0 Å². The van der Waals surface area contributed by atoms with E-state index in [1.807, 2.05) is 18.5 Å². The second kappa shape index (κ2) is 4.23. The molecule has 19 heavy (non-hydrogen) atoms. The summed E-state index contributed by atoms with van der Waals surface area (Å²) in [5, 5.41) is 0. The Balaban J connectivity index is 1.74. The molecule has 1 aromatic carbocycles. The Morgan fingerprint density at radius 2 is 2.05 bits per heavy atom. The minimum Gasteiger partial charge on any atom is -0.399 e. The number of nitrogen functional groups attached to an aromatic ring is 1. The van der Waals surface area contributed by atoms with E-state index in [0.717, 1.165) is 11.2 Å². The number of anilines is 1. The lowest BCUT2D eigenvalue weighted by atomic mass is 9.99. The topological polar surface area (TPSA) is 47.1 Å². The minimum atomic E-state index is 0.592. The third-order valence-corrected chi connectivity index (χ3v) is 4.78. The van der Waals surface area contributed by atoms with E-state index in [0.29, 0.717) is 12.1 Å². The van der Waals surface area contributed by atoms with Crippen LogP contribution in [0.15, 0.2) is 24.5 Å². The monoisotopic (exact) mass is 256 g/mol. The SMILES string of the molecule is Nc1ccc2c(c1)ncn2C1CCN2CCCCC12. The molecule has 0 saturated carbocycles. The van der Waals surface area contributed by atoms with Crippen LogP contribution >= 0.6 is 0 Å². The molecule has 100 valence electrons. The Kier molecular flexibility index (Phi) is 2.52. The van der Waals surface area contributed by atoms with Crippen LogP contribution in [0.1, 0.15) is 31.7 Å². The number of aromatic nitrogens is 2. The fourth-order valence-electron chi connectivity index (χ4n) is 3.86. The van der Waals surface area contributed by atoms with Crippen molar-refractivity contribution in [1.82, 2.24) is 14.5 Å². The molecule has 0 radical (unpaired) electrons. The van der Waals surface area contributed by atoms with Crippen LogP contribution < -0.4 is 5.73 Å². The molecule has 0 aliphatic carbocycles. The standard InChI is InChI=1S/C15H20N4/c16-11-4-5-13-12(9-11)17-10-19(13)15-6-8-18-7-2-1-3-14(15)18/h4-5,9-10,14-15H,1-3,6-8,16H2. The van der Waals surface area contributed by atoms with E-state index in [1.165, 1.54) is 44.3 Å². The molecule has 2 unspecified atom stereocenters. The number of hydrogen-bond donors (Lipinski definition) is 1. The maximum atomic E-state index is 5.84. The highest BCUT2D eigenvalue weighted by Crippen LogP contribution is 2.36. The molecule has 0 amide bonds. The summed E-state index contributed by atoms with van der Waals surface area (Å²) in [4.78, 5) is 7.19. The molecule has 2 aliphatic heterocycles. The number of rotatable bonds is 1. The highest BCUT2D eigenvalue weighted by Gasteiger charge is 2.36. The first-order valence-corrected chi connectivity index (χ1v) is 7.29. The summed E-state index contributed by atoms with van der Waals surface area (Å²) in [6.07, 6.45) is 7.33. The second-order valence-electron chi connectivity index (χ2n) is 5.86.